The number of amides is 1. The third kappa shape index (κ3) is 3.07. The summed E-state index contributed by atoms with van der Waals surface area (Å²) in [5, 5.41) is 2.78. The molecule has 4 heteroatoms. The fourth-order valence-corrected chi connectivity index (χ4v) is 2.44. The Morgan fingerprint density at radius 3 is 2.78 bits per heavy atom. The molecular weight excluding hydrogens is 231 g/mol. The highest BCUT2D eigenvalue weighted by Gasteiger charge is 2.27. The van der Waals surface area contributed by atoms with Gasteiger partial charge in [-0.05, 0) is 18.9 Å². The monoisotopic (exact) mass is 250 g/mol. The molecule has 0 bridgehead atoms. The lowest BCUT2D eigenvalue weighted by atomic mass is 9.84. The molecule has 2 atom stereocenters. The van der Waals surface area contributed by atoms with Gasteiger partial charge in [0.2, 0.25) is 5.91 Å². The fourth-order valence-electron chi connectivity index (χ4n) is 2.44. The molecule has 1 amide bonds. The Morgan fingerprint density at radius 1 is 1.33 bits per heavy atom. The third-order valence-corrected chi connectivity index (χ3v) is 3.57. The Balaban J connectivity index is 1.90. The second-order valence-electron chi connectivity index (χ2n) is 4.86. The molecule has 1 aliphatic carbocycles. The van der Waals surface area contributed by atoms with Crippen molar-refractivity contribution in [2.24, 2.45) is 11.7 Å². The number of carbonyl (C=O) groups is 1. The van der Waals surface area contributed by atoms with Gasteiger partial charge >= 0.3 is 0 Å². The molecule has 3 N–H and O–H groups in total. The molecule has 1 aliphatic rings. The van der Waals surface area contributed by atoms with E-state index in [1.54, 1.807) is 18.2 Å². The maximum Gasteiger partial charge on any atom is 0.224 e. The highest BCUT2D eigenvalue weighted by Crippen LogP contribution is 2.23. The van der Waals surface area contributed by atoms with E-state index in [-0.39, 0.29) is 30.2 Å². The smallest absolute Gasteiger partial charge is 0.224 e. The van der Waals surface area contributed by atoms with Crippen LogP contribution in [0.1, 0.15) is 31.2 Å². The van der Waals surface area contributed by atoms with Crippen LogP contribution in [0.25, 0.3) is 0 Å². The maximum absolute atomic E-state index is 13.4. The Hall–Kier alpha value is -1.42. The predicted molar refractivity (Wildman–Crippen MR) is 68.2 cm³/mol. The van der Waals surface area contributed by atoms with Crippen LogP contribution < -0.4 is 11.1 Å². The molecule has 98 valence electrons. The van der Waals surface area contributed by atoms with E-state index in [2.05, 4.69) is 5.32 Å². The molecule has 1 aromatic carbocycles. The Morgan fingerprint density at radius 2 is 2.06 bits per heavy atom. The van der Waals surface area contributed by atoms with Crippen molar-refractivity contribution in [3.05, 3.63) is 35.6 Å². The standard InChI is InChI=1S/C14H19FN2O/c15-12-7-3-1-5-10(12)9-17-14(18)11-6-2-4-8-13(11)16/h1,3,5,7,11,13H,2,4,6,8-9,16H2,(H,17,18). The summed E-state index contributed by atoms with van der Waals surface area (Å²) in [6.45, 7) is 0.231. The number of halogens is 1. The summed E-state index contributed by atoms with van der Waals surface area (Å²) in [7, 11) is 0. The lowest BCUT2D eigenvalue weighted by Crippen LogP contribution is -2.43. The van der Waals surface area contributed by atoms with Crippen LogP contribution in [0.3, 0.4) is 0 Å². The van der Waals surface area contributed by atoms with Crippen molar-refractivity contribution in [2.75, 3.05) is 0 Å². The van der Waals surface area contributed by atoms with E-state index in [1.807, 2.05) is 0 Å². The number of benzene rings is 1. The van der Waals surface area contributed by atoms with Crippen LogP contribution in [0.5, 0.6) is 0 Å². The number of hydrogen-bond donors (Lipinski definition) is 2. The number of rotatable bonds is 3. The SMILES string of the molecule is NC1CCCCC1C(=O)NCc1ccccc1F. The lowest BCUT2D eigenvalue weighted by Gasteiger charge is -2.27. The summed E-state index contributed by atoms with van der Waals surface area (Å²) >= 11 is 0. The first-order chi connectivity index (χ1) is 8.68. The molecule has 0 aromatic heterocycles. The number of nitrogens with two attached hydrogens (primary N) is 1. The molecule has 0 heterocycles. The van der Waals surface area contributed by atoms with Gasteiger partial charge in [0.05, 0.1) is 5.92 Å². The minimum Gasteiger partial charge on any atom is -0.352 e. The molecule has 1 fully saturated rings. The summed E-state index contributed by atoms with van der Waals surface area (Å²) in [5.41, 5.74) is 6.45. The van der Waals surface area contributed by atoms with Gasteiger partial charge in [-0.1, -0.05) is 31.0 Å². The van der Waals surface area contributed by atoms with E-state index in [4.69, 9.17) is 5.73 Å². The van der Waals surface area contributed by atoms with Gasteiger partial charge in [-0.3, -0.25) is 4.79 Å². The van der Waals surface area contributed by atoms with Crippen LogP contribution in [0.15, 0.2) is 24.3 Å². The minimum absolute atomic E-state index is 0.0505. The highest BCUT2D eigenvalue weighted by atomic mass is 19.1. The third-order valence-electron chi connectivity index (χ3n) is 3.57. The van der Waals surface area contributed by atoms with E-state index in [0.717, 1.165) is 25.7 Å². The molecule has 2 rings (SSSR count). The molecule has 0 spiro atoms. The average Bonchev–Trinajstić information content (AvgIpc) is 2.38. The van der Waals surface area contributed by atoms with Gasteiger partial charge in [-0.15, -0.1) is 0 Å². The number of nitrogens with one attached hydrogen (secondary N) is 1. The molecule has 0 radical (unpaired) electrons. The van der Waals surface area contributed by atoms with Crippen molar-refractivity contribution < 1.29 is 9.18 Å². The van der Waals surface area contributed by atoms with Crippen LogP contribution >= 0.6 is 0 Å². The average molecular weight is 250 g/mol. The molecule has 3 nitrogen and oxygen atoms in total. The zero-order valence-corrected chi connectivity index (χ0v) is 10.4. The molecular formula is C14H19FN2O. The molecule has 0 aliphatic heterocycles. The van der Waals surface area contributed by atoms with Gasteiger partial charge in [0, 0.05) is 18.2 Å². The van der Waals surface area contributed by atoms with E-state index < -0.39 is 0 Å². The summed E-state index contributed by atoms with van der Waals surface area (Å²) in [6.07, 6.45) is 3.88. The van der Waals surface area contributed by atoms with Crippen LogP contribution in [-0.4, -0.2) is 11.9 Å². The summed E-state index contributed by atoms with van der Waals surface area (Å²) in [5.74, 6) is -0.457. The van der Waals surface area contributed by atoms with E-state index in [9.17, 15) is 9.18 Å². The lowest BCUT2D eigenvalue weighted by molar-refractivity contribution is -0.126. The quantitative estimate of drug-likeness (QED) is 0.861. The van der Waals surface area contributed by atoms with E-state index in [0.29, 0.717) is 5.56 Å². The molecule has 1 saturated carbocycles. The van der Waals surface area contributed by atoms with Gasteiger partial charge in [0.1, 0.15) is 5.82 Å². The first-order valence-corrected chi connectivity index (χ1v) is 6.45. The Labute approximate surface area is 107 Å². The predicted octanol–water partition coefficient (Wildman–Crippen LogP) is 1.96. The molecule has 2 unspecified atom stereocenters. The van der Waals surface area contributed by atoms with Crippen LogP contribution in [-0.2, 0) is 11.3 Å². The number of carbonyl (C=O) groups excluding carboxylic acids is 1. The summed E-state index contributed by atoms with van der Waals surface area (Å²) in [4.78, 5) is 12.0. The van der Waals surface area contributed by atoms with Crippen molar-refractivity contribution >= 4 is 5.91 Å². The van der Waals surface area contributed by atoms with Crippen LogP contribution in [0.2, 0.25) is 0 Å². The first kappa shape index (κ1) is 13.0. The second kappa shape index (κ2) is 5.96. The zero-order chi connectivity index (χ0) is 13.0. The van der Waals surface area contributed by atoms with Gasteiger partial charge in [0.25, 0.3) is 0 Å². The first-order valence-electron chi connectivity index (χ1n) is 6.45. The van der Waals surface area contributed by atoms with Crippen molar-refractivity contribution in [3.63, 3.8) is 0 Å². The Bertz CT molecular complexity index is 422. The summed E-state index contributed by atoms with van der Waals surface area (Å²) < 4.78 is 13.4. The maximum atomic E-state index is 13.4. The van der Waals surface area contributed by atoms with Gasteiger partial charge in [-0.25, -0.2) is 4.39 Å². The zero-order valence-electron chi connectivity index (χ0n) is 10.4. The fraction of sp³-hybridized carbons (Fsp3) is 0.500. The van der Waals surface area contributed by atoms with Gasteiger partial charge in [-0.2, -0.15) is 0 Å². The van der Waals surface area contributed by atoms with E-state index >= 15 is 0 Å². The summed E-state index contributed by atoms with van der Waals surface area (Å²) in [6, 6.07) is 6.41. The topological polar surface area (TPSA) is 55.1 Å². The second-order valence-corrected chi connectivity index (χ2v) is 4.86. The molecule has 1 aromatic rings. The normalized spacial score (nSPS) is 23.7. The van der Waals surface area contributed by atoms with Crippen molar-refractivity contribution in [1.82, 2.24) is 5.32 Å². The van der Waals surface area contributed by atoms with Gasteiger partial charge in [0.15, 0.2) is 0 Å². The molecule has 0 saturated heterocycles. The van der Waals surface area contributed by atoms with Crippen molar-refractivity contribution in [2.45, 2.75) is 38.3 Å². The molecule has 18 heavy (non-hydrogen) atoms. The van der Waals surface area contributed by atoms with E-state index in [1.165, 1.54) is 6.07 Å². The minimum atomic E-state index is -0.286. The van der Waals surface area contributed by atoms with Crippen molar-refractivity contribution in [3.8, 4) is 0 Å². The van der Waals surface area contributed by atoms with Gasteiger partial charge < -0.3 is 11.1 Å². The van der Waals surface area contributed by atoms with Crippen LogP contribution in [0.4, 0.5) is 4.39 Å². The van der Waals surface area contributed by atoms with Crippen molar-refractivity contribution in [1.29, 1.82) is 0 Å². The highest BCUT2D eigenvalue weighted by molar-refractivity contribution is 5.79. The largest absolute Gasteiger partial charge is 0.352 e. The van der Waals surface area contributed by atoms with Crippen LogP contribution in [0, 0.1) is 11.7 Å². The number of hydrogen-bond acceptors (Lipinski definition) is 2. The Kier molecular flexibility index (Phi) is 4.31.